The summed E-state index contributed by atoms with van der Waals surface area (Å²) in [6, 6.07) is 5.76. The zero-order valence-corrected chi connectivity index (χ0v) is 16.2. The Morgan fingerprint density at radius 1 is 1.24 bits per heavy atom. The quantitative estimate of drug-likeness (QED) is 0.300. The molecule has 0 amide bonds. The minimum atomic E-state index is -4.77. The van der Waals surface area contributed by atoms with E-state index in [1.165, 1.54) is 24.3 Å². The fraction of sp³-hybridized carbons (Fsp3) is 0.500. The summed E-state index contributed by atoms with van der Waals surface area (Å²) in [7, 11) is -4.77. The van der Waals surface area contributed by atoms with Gasteiger partial charge in [0.15, 0.2) is 0 Å². The zero-order valence-electron chi connectivity index (χ0n) is 12.3. The van der Waals surface area contributed by atoms with E-state index in [4.69, 9.17) is 4.74 Å². The van der Waals surface area contributed by atoms with E-state index in [1.54, 1.807) is 0 Å². The number of benzene rings is 1. The molecule has 1 aromatic carbocycles. The molecule has 1 atom stereocenters. The van der Waals surface area contributed by atoms with Crippen molar-refractivity contribution in [3.63, 3.8) is 0 Å². The Balaban J connectivity index is 0.00000400. The first-order valence-corrected chi connectivity index (χ1v) is 7.39. The van der Waals surface area contributed by atoms with Crippen molar-refractivity contribution in [2.24, 2.45) is 0 Å². The van der Waals surface area contributed by atoms with Crippen molar-refractivity contribution in [2.75, 3.05) is 13.2 Å². The SMILES string of the molecule is CC(C)NC[C@H](O)COc1ccc(OS(=O)(=O)[O-])cc1.[K+]. The zero-order chi connectivity index (χ0) is 15.2. The first-order valence-electron chi connectivity index (χ1n) is 6.06. The molecule has 0 fully saturated rings. The van der Waals surface area contributed by atoms with Gasteiger partial charge in [0.05, 0.1) is 0 Å². The Kier molecular flexibility index (Phi) is 10.3. The number of aliphatic hydroxyl groups excluding tert-OH is 1. The van der Waals surface area contributed by atoms with Crippen LogP contribution in [0.5, 0.6) is 11.5 Å². The Morgan fingerprint density at radius 2 is 1.76 bits per heavy atom. The van der Waals surface area contributed by atoms with Gasteiger partial charge in [-0.15, -0.1) is 0 Å². The first kappa shape index (κ1) is 21.3. The Morgan fingerprint density at radius 3 is 2.24 bits per heavy atom. The molecule has 0 radical (unpaired) electrons. The van der Waals surface area contributed by atoms with Crippen molar-refractivity contribution < 1.29 is 78.4 Å². The molecule has 0 saturated heterocycles. The predicted molar refractivity (Wildman–Crippen MR) is 71.4 cm³/mol. The van der Waals surface area contributed by atoms with Crippen molar-refractivity contribution in [1.82, 2.24) is 5.32 Å². The van der Waals surface area contributed by atoms with Crippen molar-refractivity contribution in [2.45, 2.75) is 26.0 Å². The average Bonchev–Trinajstić information content (AvgIpc) is 2.33. The van der Waals surface area contributed by atoms with Crippen LogP contribution in [0, 0.1) is 0 Å². The fourth-order valence-electron chi connectivity index (χ4n) is 1.33. The van der Waals surface area contributed by atoms with E-state index in [9.17, 15) is 18.1 Å². The molecule has 0 spiro atoms. The second kappa shape index (κ2) is 10.1. The van der Waals surface area contributed by atoms with Gasteiger partial charge in [-0.05, 0) is 24.3 Å². The molecule has 0 aliphatic carbocycles. The predicted octanol–water partition coefficient (Wildman–Crippen LogP) is -2.73. The molecule has 1 aromatic rings. The summed E-state index contributed by atoms with van der Waals surface area (Å²) in [5.41, 5.74) is 0. The van der Waals surface area contributed by atoms with Gasteiger partial charge in [0.2, 0.25) is 0 Å². The average molecular weight is 343 g/mol. The van der Waals surface area contributed by atoms with Crippen LogP contribution in [0.4, 0.5) is 0 Å². The Labute approximate surface area is 167 Å². The minimum absolute atomic E-state index is 0. The third-order valence-electron chi connectivity index (χ3n) is 2.23. The molecule has 0 heterocycles. The van der Waals surface area contributed by atoms with E-state index in [0.29, 0.717) is 12.3 Å². The van der Waals surface area contributed by atoms with Crippen LogP contribution >= 0.6 is 0 Å². The van der Waals surface area contributed by atoms with E-state index in [0.717, 1.165) is 0 Å². The van der Waals surface area contributed by atoms with Crippen molar-refractivity contribution in [3.8, 4) is 11.5 Å². The standard InChI is InChI=1S/C12H19NO6S.K/c1-9(2)13-7-10(14)8-18-11-3-5-12(6-4-11)19-20(15,16)17;/h3-6,9-10,13-14H,7-8H2,1-2H3,(H,15,16,17);/q;+1/p-1/t10-;/m0./s1. The second-order valence-electron chi connectivity index (χ2n) is 4.49. The van der Waals surface area contributed by atoms with Crippen LogP contribution in [-0.4, -0.2) is 43.4 Å². The molecular weight excluding hydrogens is 325 g/mol. The third kappa shape index (κ3) is 10.6. The molecule has 0 aromatic heterocycles. The number of rotatable bonds is 8. The van der Waals surface area contributed by atoms with Gasteiger partial charge in [0.25, 0.3) is 10.4 Å². The number of ether oxygens (including phenoxy) is 1. The van der Waals surface area contributed by atoms with E-state index < -0.39 is 16.5 Å². The molecular formula is C12H18KNO6S. The van der Waals surface area contributed by atoms with Crippen molar-refractivity contribution >= 4 is 10.4 Å². The van der Waals surface area contributed by atoms with Gasteiger partial charge in [-0.3, -0.25) is 0 Å². The van der Waals surface area contributed by atoms with Crippen LogP contribution in [0.3, 0.4) is 0 Å². The molecule has 7 nitrogen and oxygen atoms in total. The molecule has 9 heteroatoms. The molecule has 0 aliphatic rings. The van der Waals surface area contributed by atoms with Gasteiger partial charge in [-0.25, -0.2) is 8.42 Å². The molecule has 0 aliphatic heterocycles. The summed E-state index contributed by atoms with van der Waals surface area (Å²) in [6.45, 7) is 4.44. The van der Waals surface area contributed by atoms with Crippen molar-refractivity contribution in [3.05, 3.63) is 24.3 Å². The van der Waals surface area contributed by atoms with Crippen LogP contribution in [0.15, 0.2) is 24.3 Å². The molecule has 21 heavy (non-hydrogen) atoms. The maximum absolute atomic E-state index is 10.4. The maximum atomic E-state index is 10.4. The summed E-state index contributed by atoms with van der Waals surface area (Å²) in [4.78, 5) is 0. The third-order valence-corrected chi connectivity index (χ3v) is 2.62. The van der Waals surface area contributed by atoms with Crippen molar-refractivity contribution in [1.29, 1.82) is 0 Å². The molecule has 2 N–H and O–H groups in total. The van der Waals surface area contributed by atoms with E-state index in [2.05, 4.69) is 9.50 Å². The summed E-state index contributed by atoms with van der Waals surface area (Å²) in [5, 5.41) is 12.7. The van der Waals surface area contributed by atoms with E-state index >= 15 is 0 Å². The van der Waals surface area contributed by atoms with Gasteiger partial charge in [0.1, 0.15) is 24.2 Å². The van der Waals surface area contributed by atoms with Crippen LogP contribution < -0.4 is 65.6 Å². The minimum Gasteiger partial charge on any atom is -0.716 e. The van der Waals surface area contributed by atoms with E-state index in [-0.39, 0.29) is 69.8 Å². The Bertz CT molecular complexity index is 505. The topological polar surface area (TPSA) is 108 Å². The molecule has 0 unspecified atom stereocenters. The largest absolute Gasteiger partial charge is 1.00 e. The Hall–Kier alpha value is 0.286. The van der Waals surface area contributed by atoms with Gasteiger partial charge < -0.3 is 23.9 Å². The van der Waals surface area contributed by atoms with Gasteiger partial charge >= 0.3 is 51.4 Å². The number of aliphatic hydroxyl groups is 1. The van der Waals surface area contributed by atoms with Gasteiger partial charge in [-0.1, -0.05) is 13.8 Å². The number of hydrogen-bond donors (Lipinski definition) is 2. The first-order chi connectivity index (χ1) is 9.26. The second-order valence-corrected chi connectivity index (χ2v) is 5.47. The van der Waals surface area contributed by atoms with Crippen LogP contribution in [0.2, 0.25) is 0 Å². The summed E-state index contributed by atoms with van der Waals surface area (Å²) < 4.78 is 40.6. The maximum Gasteiger partial charge on any atom is 1.00 e. The molecule has 0 saturated carbocycles. The van der Waals surface area contributed by atoms with Crippen LogP contribution in [0.1, 0.15) is 13.8 Å². The fourth-order valence-corrected chi connectivity index (χ4v) is 1.68. The van der Waals surface area contributed by atoms with Crippen LogP contribution in [-0.2, 0) is 10.4 Å². The normalized spacial score (nSPS) is 12.6. The van der Waals surface area contributed by atoms with Gasteiger partial charge in [-0.2, -0.15) is 0 Å². The van der Waals surface area contributed by atoms with Crippen LogP contribution in [0.25, 0.3) is 0 Å². The van der Waals surface area contributed by atoms with Gasteiger partial charge in [0, 0.05) is 12.6 Å². The summed E-state index contributed by atoms with van der Waals surface area (Å²) in [5.74, 6) is 0.346. The summed E-state index contributed by atoms with van der Waals surface area (Å²) in [6.07, 6.45) is -0.657. The summed E-state index contributed by atoms with van der Waals surface area (Å²) >= 11 is 0. The van der Waals surface area contributed by atoms with E-state index in [1.807, 2.05) is 13.8 Å². The molecule has 0 bridgehead atoms. The monoisotopic (exact) mass is 343 g/mol. The number of hydrogen-bond acceptors (Lipinski definition) is 7. The molecule has 114 valence electrons. The smallest absolute Gasteiger partial charge is 0.716 e. The molecule has 1 rings (SSSR count). The number of nitrogens with one attached hydrogen (secondary N) is 1.